The molecule has 0 bridgehead atoms. The summed E-state index contributed by atoms with van der Waals surface area (Å²) in [7, 11) is 1.79. The van der Waals surface area contributed by atoms with Crippen LogP contribution in [0.3, 0.4) is 0 Å². The highest BCUT2D eigenvalue weighted by Crippen LogP contribution is 2.31. The molecule has 36 heavy (non-hydrogen) atoms. The molecule has 2 amide bonds. The third-order valence-electron chi connectivity index (χ3n) is 6.45. The molecule has 0 N–H and O–H groups in total. The smallest absolute Gasteiger partial charge is 0.281 e. The second kappa shape index (κ2) is 10.1. The van der Waals surface area contributed by atoms with Crippen LogP contribution in [0.2, 0.25) is 0 Å². The van der Waals surface area contributed by atoms with E-state index in [9.17, 15) is 9.59 Å². The highest BCUT2D eigenvalue weighted by Gasteiger charge is 2.37. The summed E-state index contributed by atoms with van der Waals surface area (Å²) in [4.78, 5) is 31.5. The topological polar surface area (TPSA) is 67.2 Å². The van der Waals surface area contributed by atoms with Gasteiger partial charge in [-0.25, -0.2) is 0 Å². The van der Waals surface area contributed by atoms with E-state index in [-0.39, 0.29) is 18.4 Å². The molecule has 9 heteroatoms. The minimum absolute atomic E-state index is 0.0511. The average Bonchev–Trinajstić information content (AvgIpc) is 3.35. The van der Waals surface area contributed by atoms with Crippen molar-refractivity contribution in [2.75, 3.05) is 44.9 Å². The number of ether oxygens (including phenoxy) is 2. The van der Waals surface area contributed by atoms with E-state index in [0.717, 1.165) is 22.2 Å². The third-order valence-corrected chi connectivity index (χ3v) is 6.91. The van der Waals surface area contributed by atoms with E-state index in [1.165, 1.54) is 4.90 Å². The molecule has 186 valence electrons. The lowest BCUT2D eigenvalue weighted by Gasteiger charge is -2.27. The van der Waals surface area contributed by atoms with Crippen molar-refractivity contribution >= 4 is 51.8 Å². The summed E-state index contributed by atoms with van der Waals surface area (Å²) < 4.78 is 12.8. The predicted molar refractivity (Wildman–Crippen MR) is 143 cm³/mol. The average molecular weight is 505 g/mol. The molecule has 3 aromatic rings. The highest BCUT2D eigenvalue weighted by molar-refractivity contribution is 7.80. The zero-order valence-corrected chi connectivity index (χ0v) is 21.2. The van der Waals surface area contributed by atoms with Crippen molar-refractivity contribution in [1.82, 2.24) is 14.4 Å². The Morgan fingerprint density at radius 3 is 2.56 bits per heavy atom. The predicted octanol–water partition coefficient (Wildman–Crippen LogP) is 3.50. The van der Waals surface area contributed by atoms with Gasteiger partial charge in [-0.15, -0.1) is 0 Å². The lowest BCUT2D eigenvalue weighted by atomic mass is 10.1. The number of likely N-dealkylation sites (N-methyl/N-ethyl adjacent to an activating group) is 1. The highest BCUT2D eigenvalue weighted by atomic mass is 32.1. The fourth-order valence-electron chi connectivity index (χ4n) is 4.57. The van der Waals surface area contributed by atoms with Gasteiger partial charge in [0.25, 0.3) is 5.91 Å². The molecular formula is C27H28N4O4S. The summed E-state index contributed by atoms with van der Waals surface area (Å²) in [6, 6.07) is 15.2. The molecule has 0 radical (unpaired) electrons. The number of aromatic nitrogens is 1. The Balaban J connectivity index is 1.45. The van der Waals surface area contributed by atoms with Gasteiger partial charge in [0.15, 0.2) is 5.11 Å². The monoisotopic (exact) mass is 504 g/mol. The van der Waals surface area contributed by atoms with Crippen molar-refractivity contribution in [1.29, 1.82) is 0 Å². The molecule has 2 aromatic carbocycles. The summed E-state index contributed by atoms with van der Waals surface area (Å²) in [5, 5.41) is 1.37. The number of thiocarbonyl (C=S) groups is 1. The number of para-hydroxylation sites is 1. The van der Waals surface area contributed by atoms with Crippen LogP contribution in [0.5, 0.6) is 5.75 Å². The van der Waals surface area contributed by atoms with Crippen LogP contribution in [0.4, 0.5) is 5.69 Å². The van der Waals surface area contributed by atoms with Gasteiger partial charge >= 0.3 is 0 Å². The molecule has 1 aromatic heterocycles. The van der Waals surface area contributed by atoms with Gasteiger partial charge in [-0.05, 0) is 55.5 Å². The molecule has 3 heterocycles. The van der Waals surface area contributed by atoms with Crippen molar-refractivity contribution in [2.24, 2.45) is 0 Å². The van der Waals surface area contributed by atoms with Crippen molar-refractivity contribution < 1.29 is 19.1 Å². The van der Waals surface area contributed by atoms with Crippen LogP contribution in [0.15, 0.2) is 60.4 Å². The molecule has 0 saturated carbocycles. The molecular weight excluding hydrogens is 476 g/mol. The number of benzene rings is 2. The van der Waals surface area contributed by atoms with Gasteiger partial charge in [0, 0.05) is 42.8 Å². The third kappa shape index (κ3) is 4.47. The Morgan fingerprint density at radius 1 is 1.11 bits per heavy atom. The van der Waals surface area contributed by atoms with Gasteiger partial charge in [-0.1, -0.05) is 18.2 Å². The quantitative estimate of drug-likeness (QED) is 0.378. The maximum absolute atomic E-state index is 13.5. The lowest BCUT2D eigenvalue weighted by molar-refractivity contribution is -0.135. The van der Waals surface area contributed by atoms with Gasteiger partial charge < -0.3 is 23.8 Å². The number of hydrogen-bond acceptors (Lipinski definition) is 5. The van der Waals surface area contributed by atoms with Gasteiger partial charge in [0.05, 0.1) is 25.5 Å². The first kappa shape index (κ1) is 24.0. The molecule has 0 atom stereocenters. The summed E-state index contributed by atoms with van der Waals surface area (Å²) in [5.41, 5.74) is 2.94. The van der Waals surface area contributed by atoms with E-state index in [1.54, 1.807) is 11.9 Å². The van der Waals surface area contributed by atoms with E-state index in [2.05, 4.69) is 0 Å². The van der Waals surface area contributed by atoms with Crippen LogP contribution in [-0.2, 0) is 20.9 Å². The Morgan fingerprint density at radius 2 is 1.83 bits per heavy atom. The molecule has 2 saturated heterocycles. The summed E-state index contributed by atoms with van der Waals surface area (Å²) in [5.74, 6) is 0.588. The number of hydrogen-bond donors (Lipinski definition) is 0. The normalized spacial score (nSPS) is 17.5. The molecule has 2 aliphatic rings. The number of carbonyl (C=O) groups excluding carboxylic acids is 2. The number of rotatable bonds is 6. The second-order valence-electron chi connectivity index (χ2n) is 8.66. The number of morpholine rings is 1. The van der Waals surface area contributed by atoms with Crippen molar-refractivity contribution in [3.8, 4) is 5.75 Å². The number of anilines is 1. The summed E-state index contributed by atoms with van der Waals surface area (Å²) in [6.45, 7) is 5.06. The Bertz CT molecular complexity index is 1340. The molecule has 0 spiro atoms. The van der Waals surface area contributed by atoms with Crippen LogP contribution in [0, 0.1) is 0 Å². The van der Waals surface area contributed by atoms with Crippen LogP contribution < -0.4 is 9.64 Å². The maximum Gasteiger partial charge on any atom is 0.281 e. The van der Waals surface area contributed by atoms with Crippen LogP contribution in [0.25, 0.3) is 17.0 Å². The Labute approximate surface area is 215 Å². The SMILES string of the molecule is CCOc1ccc(N2C(=O)/C(=C/c3cn(CC(=O)N4CCOCC4)c4ccccc34)N(C)C2=S)cc1. The first-order valence-electron chi connectivity index (χ1n) is 12.0. The standard InChI is InChI=1S/C27H28N4O4S/c1-3-35-21-10-8-20(9-11-21)31-26(33)24(28(2)27(31)36)16-19-17-30(23-7-5-4-6-22(19)23)18-25(32)29-12-14-34-15-13-29/h4-11,16-17H,3,12-15,18H2,1-2H3/b24-16-. The first-order chi connectivity index (χ1) is 17.5. The number of fused-ring (bicyclic) bond motifs is 1. The van der Waals surface area contributed by atoms with Crippen LogP contribution in [-0.4, -0.2) is 71.3 Å². The van der Waals surface area contributed by atoms with Gasteiger partial charge in [-0.3, -0.25) is 14.5 Å². The maximum atomic E-state index is 13.5. The van der Waals surface area contributed by atoms with E-state index in [4.69, 9.17) is 21.7 Å². The van der Waals surface area contributed by atoms with Crippen LogP contribution in [0.1, 0.15) is 12.5 Å². The van der Waals surface area contributed by atoms with Crippen molar-refractivity contribution in [2.45, 2.75) is 13.5 Å². The minimum atomic E-state index is -0.201. The van der Waals surface area contributed by atoms with Crippen molar-refractivity contribution in [3.63, 3.8) is 0 Å². The molecule has 8 nitrogen and oxygen atoms in total. The number of amides is 2. The Kier molecular flexibility index (Phi) is 6.75. The minimum Gasteiger partial charge on any atom is -0.494 e. The Hall–Kier alpha value is -3.69. The molecule has 5 rings (SSSR count). The second-order valence-corrected chi connectivity index (χ2v) is 9.03. The first-order valence-corrected chi connectivity index (χ1v) is 12.4. The number of carbonyl (C=O) groups is 2. The van der Waals surface area contributed by atoms with E-state index >= 15 is 0 Å². The van der Waals surface area contributed by atoms with Crippen molar-refractivity contribution in [3.05, 3.63) is 66.0 Å². The molecule has 0 aliphatic carbocycles. The van der Waals surface area contributed by atoms with Gasteiger partial charge in [0.2, 0.25) is 5.91 Å². The van der Waals surface area contributed by atoms with Gasteiger partial charge in [-0.2, -0.15) is 0 Å². The molecule has 2 aliphatic heterocycles. The zero-order valence-electron chi connectivity index (χ0n) is 20.3. The molecule has 0 unspecified atom stereocenters. The summed E-state index contributed by atoms with van der Waals surface area (Å²) >= 11 is 5.62. The molecule has 2 fully saturated rings. The fraction of sp³-hybridized carbons (Fsp3) is 0.296. The van der Waals surface area contributed by atoms with E-state index in [1.807, 2.05) is 77.2 Å². The number of nitrogens with zero attached hydrogens (tertiary/aromatic N) is 4. The van der Waals surface area contributed by atoms with Crippen LogP contribution >= 0.6 is 12.2 Å². The largest absolute Gasteiger partial charge is 0.494 e. The van der Waals surface area contributed by atoms with E-state index < -0.39 is 0 Å². The summed E-state index contributed by atoms with van der Waals surface area (Å²) in [6.07, 6.45) is 3.78. The lowest BCUT2D eigenvalue weighted by Crippen LogP contribution is -2.42. The zero-order chi connectivity index (χ0) is 25.2. The van der Waals surface area contributed by atoms with E-state index in [0.29, 0.717) is 49.4 Å². The fourth-order valence-corrected chi connectivity index (χ4v) is 4.86. The van der Waals surface area contributed by atoms with Gasteiger partial charge in [0.1, 0.15) is 18.0 Å².